The molecule has 1 N–H and O–H groups in total. The smallest absolute Gasteiger partial charge is 0.0206 e. The van der Waals surface area contributed by atoms with Crippen molar-refractivity contribution in [2.24, 2.45) is 0 Å². The van der Waals surface area contributed by atoms with Crippen molar-refractivity contribution >= 4 is 22.6 Å². The van der Waals surface area contributed by atoms with E-state index in [1.165, 1.54) is 51.6 Å². The average molecular weight is 281 g/mol. The Kier molecular flexibility index (Phi) is 4.87. The lowest BCUT2D eigenvalue weighted by Crippen LogP contribution is -2.26. The summed E-state index contributed by atoms with van der Waals surface area (Å²) in [7, 11) is 0. The Balaban J connectivity index is 2.27. The highest BCUT2D eigenvalue weighted by Crippen LogP contribution is 2.29. The molecule has 0 aliphatic carbocycles. The Labute approximate surface area is 89.8 Å². The van der Waals surface area contributed by atoms with Gasteiger partial charge in [-0.2, -0.15) is 0 Å². The van der Waals surface area contributed by atoms with E-state index in [4.69, 9.17) is 0 Å². The highest BCUT2D eigenvalue weighted by atomic mass is 127. The normalized spacial score (nSPS) is 34.5. The van der Waals surface area contributed by atoms with E-state index in [-0.39, 0.29) is 0 Å². The average Bonchev–Trinajstić information content (AvgIpc) is 2.02. The molecule has 1 heterocycles. The predicted molar refractivity (Wildman–Crippen MR) is 63.0 cm³/mol. The summed E-state index contributed by atoms with van der Waals surface area (Å²) in [5.74, 6) is 0. The van der Waals surface area contributed by atoms with Crippen LogP contribution in [0.1, 0.15) is 45.4 Å². The first-order valence-electron chi connectivity index (χ1n) is 5.10. The third-order valence-corrected chi connectivity index (χ3v) is 3.70. The monoisotopic (exact) mass is 281 g/mol. The van der Waals surface area contributed by atoms with E-state index in [9.17, 15) is 0 Å². The van der Waals surface area contributed by atoms with Crippen molar-refractivity contribution in [3.05, 3.63) is 0 Å². The Morgan fingerprint density at radius 3 is 2.58 bits per heavy atom. The lowest BCUT2D eigenvalue weighted by Gasteiger charge is -2.23. The van der Waals surface area contributed by atoms with Gasteiger partial charge in [-0.25, -0.2) is 0 Å². The number of hydrogen-bond acceptors (Lipinski definition) is 1. The SMILES string of the molecule is CC1(I)CCCCCCNCC1. The molecule has 0 radical (unpaired) electrons. The third kappa shape index (κ3) is 4.65. The van der Waals surface area contributed by atoms with E-state index in [2.05, 4.69) is 34.8 Å². The second kappa shape index (κ2) is 5.43. The maximum atomic E-state index is 3.51. The van der Waals surface area contributed by atoms with Gasteiger partial charge in [-0.05, 0) is 32.4 Å². The fourth-order valence-corrected chi connectivity index (χ4v) is 2.35. The molecule has 1 aliphatic heterocycles. The first-order chi connectivity index (χ1) is 5.71. The predicted octanol–water partition coefficient (Wildman–Crippen LogP) is 3.12. The van der Waals surface area contributed by atoms with Gasteiger partial charge in [0.15, 0.2) is 0 Å². The molecule has 1 fully saturated rings. The van der Waals surface area contributed by atoms with Crippen molar-refractivity contribution in [1.29, 1.82) is 0 Å². The highest BCUT2D eigenvalue weighted by Gasteiger charge is 2.19. The van der Waals surface area contributed by atoms with Gasteiger partial charge in [-0.3, -0.25) is 0 Å². The molecule has 0 aromatic heterocycles. The molecule has 0 aromatic rings. The van der Waals surface area contributed by atoms with Gasteiger partial charge < -0.3 is 5.32 Å². The molecule has 1 saturated heterocycles. The van der Waals surface area contributed by atoms with Crippen molar-refractivity contribution in [3.8, 4) is 0 Å². The van der Waals surface area contributed by atoms with Crippen LogP contribution in [0.5, 0.6) is 0 Å². The lowest BCUT2D eigenvalue weighted by atomic mass is 9.98. The maximum absolute atomic E-state index is 3.51. The fourth-order valence-electron chi connectivity index (χ4n) is 1.70. The van der Waals surface area contributed by atoms with Gasteiger partial charge in [0, 0.05) is 3.42 Å². The highest BCUT2D eigenvalue weighted by molar-refractivity contribution is 14.1. The largest absolute Gasteiger partial charge is 0.317 e. The van der Waals surface area contributed by atoms with E-state index in [0.29, 0.717) is 3.42 Å². The van der Waals surface area contributed by atoms with Crippen LogP contribution in [0.2, 0.25) is 0 Å². The topological polar surface area (TPSA) is 12.0 Å². The summed E-state index contributed by atoms with van der Waals surface area (Å²) >= 11 is 2.62. The molecule has 72 valence electrons. The molecule has 0 amide bonds. The molecular formula is C10H20IN. The summed E-state index contributed by atoms with van der Waals surface area (Å²) in [6.45, 7) is 4.82. The number of rotatable bonds is 0. The second-order valence-corrected chi connectivity index (χ2v) is 6.68. The van der Waals surface area contributed by atoms with Crippen LogP contribution < -0.4 is 5.32 Å². The molecule has 1 nitrogen and oxygen atoms in total. The van der Waals surface area contributed by atoms with E-state index < -0.39 is 0 Å². The Morgan fingerprint density at radius 2 is 1.75 bits per heavy atom. The van der Waals surface area contributed by atoms with Crippen LogP contribution in [0.15, 0.2) is 0 Å². The summed E-state index contributed by atoms with van der Waals surface area (Å²) in [6.07, 6.45) is 8.38. The maximum Gasteiger partial charge on any atom is 0.0206 e. The molecule has 1 aliphatic rings. The van der Waals surface area contributed by atoms with Crippen LogP contribution in [0.3, 0.4) is 0 Å². The van der Waals surface area contributed by atoms with E-state index >= 15 is 0 Å². The minimum Gasteiger partial charge on any atom is -0.317 e. The summed E-state index contributed by atoms with van der Waals surface area (Å²) in [4.78, 5) is 0. The van der Waals surface area contributed by atoms with E-state index in [1.807, 2.05) is 0 Å². The van der Waals surface area contributed by atoms with Gasteiger partial charge in [-0.15, -0.1) is 0 Å². The second-order valence-electron chi connectivity index (χ2n) is 4.08. The molecule has 12 heavy (non-hydrogen) atoms. The quantitative estimate of drug-likeness (QED) is 0.531. The van der Waals surface area contributed by atoms with Crippen LogP contribution in [0, 0.1) is 0 Å². The van der Waals surface area contributed by atoms with E-state index in [0.717, 1.165) is 0 Å². The number of halogens is 1. The molecular weight excluding hydrogens is 261 g/mol. The molecule has 1 atom stereocenters. The Hall–Kier alpha value is 0.690. The van der Waals surface area contributed by atoms with Crippen LogP contribution >= 0.6 is 22.6 Å². The van der Waals surface area contributed by atoms with Crippen LogP contribution in [0.4, 0.5) is 0 Å². The number of nitrogens with one attached hydrogen (secondary N) is 1. The summed E-state index contributed by atoms with van der Waals surface area (Å²) in [6, 6.07) is 0. The van der Waals surface area contributed by atoms with Crippen molar-refractivity contribution < 1.29 is 0 Å². The molecule has 1 rings (SSSR count). The molecule has 2 heteroatoms. The minimum atomic E-state index is 0.544. The molecule has 0 bridgehead atoms. The Morgan fingerprint density at radius 1 is 1.00 bits per heavy atom. The molecule has 0 spiro atoms. The first kappa shape index (κ1) is 10.8. The summed E-state index contributed by atoms with van der Waals surface area (Å²) in [5, 5.41) is 3.51. The first-order valence-corrected chi connectivity index (χ1v) is 6.18. The molecule has 1 unspecified atom stereocenters. The van der Waals surface area contributed by atoms with Crippen LogP contribution in [-0.2, 0) is 0 Å². The molecule has 0 aromatic carbocycles. The summed E-state index contributed by atoms with van der Waals surface area (Å²) < 4.78 is 0.544. The van der Waals surface area contributed by atoms with Crippen molar-refractivity contribution in [1.82, 2.24) is 5.32 Å². The fraction of sp³-hybridized carbons (Fsp3) is 1.00. The lowest BCUT2D eigenvalue weighted by molar-refractivity contribution is 0.469. The summed E-state index contributed by atoms with van der Waals surface area (Å²) in [5.41, 5.74) is 0. The molecule has 0 saturated carbocycles. The van der Waals surface area contributed by atoms with Gasteiger partial charge in [0.05, 0.1) is 0 Å². The van der Waals surface area contributed by atoms with Gasteiger partial charge in [0.1, 0.15) is 0 Å². The minimum absolute atomic E-state index is 0.544. The van der Waals surface area contributed by atoms with Crippen molar-refractivity contribution in [3.63, 3.8) is 0 Å². The van der Waals surface area contributed by atoms with Gasteiger partial charge >= 0.3 is 0 Å². The standard InChI is InChI=1S/C10H20IN/c1-10(11)6-4-2-3-5-8-12-9-7-10/h12H,2-9H2,1H3. The number of hydrogen-bond donors (Lipinski definition) is 1. The third-order valence-electron chi connectivity index (χ3n) is 2.62. The van der Waals surface area contributed by atoms with Gasteiger partial charge in [-0.1, -0.05) is 48.8 Å². The van der Waals surface area contributed by atoms with Crippen LogP contribution in [0.25, 0.3) is 0 Å². The van der Waals surface area contributed by atoms with E-state index in [1.54, 1.807) is 0 Å². The van der Waals surface area contributed by atoms with Crippen molar-refractivity contribution in [2.45, 2.75) is 48.9 Å². The number of alkyl halides is 1. The zero-order valence-corrected chi connectivity index (χ0v) is 10.2. The Bertz CT molecular complexity index is 111. The van der Waals surface area contributed by atoms with Gasteiger partial charge in [0.2, 0.25) is 0 Å². The zero-order chi connectivity index (χ0) is 8.86. The van der Waals surface area contributed by atoms with Crippen LogP contribution in [-0.4, -0.2) is 16.5 Å². The van der Waals surface area contributed by atoms with Crippen molar-refractivity contribution in [2.75, 3.05) is 13.1 Å². The zero-order valence-electron chi connectivity index (χ0n) is 8.03. The van der Waals surface area contributed by atoms with Gasteiger partial charge in [0.25, 0.3) is 0 Å².